The molecule has 0 aliphatic rings. The Labute approximate surface area is 237 Å². The summed E-state index contributed by atoms with van der Waals surface area (Å²) in [6, 6.07) is 4.97. The minimum absolute atomic E-state index is 0.1000. The van der Waals surface area contributed by atoms with Gasteiger partial charge in [-0.15, -0.1) is 30.3 Å². The molecule has 0 fully saturated rings. The first-order valence-corrected chi connectivity index (χ1v) is 13.6. The first-order chi connectivity index (χ1) is 19.5. The van der Waals surface area contributed by atoms with Crippen molar-refractivity contribution in [2.24, 2.45) is 0 Å². The molecule has 0 aliphatic carbocycles. The Morgan fingerprint density at radius 3 is 2.14 bits per heavy atom. The van der Waals surface area contributed by atoms with Crippen LogP contribution in [0.1, 0.15) is 43.9 Å². The van der Waals surface area contributed by atoms with Crippen LogP contribution in [0, 0.1) is 36.2 Å². The number of halogens is 1. The van der Waals surface area contributed by atoms with Crippen LogP contribution >= 0.6 is 0 Å². The summed E-state index contributed by atoms with van der Waals surface area (Å²) < 4.78 is 38.9. The predicted octanol–water partition coefficient (Wildman–Crippen LogP) is 2.48. The van der Waals surface area contributed by atoms with E-state index in [0.717, 1.165) is 28.8 Å². The number of aromatic nitrogens is 2. The second kappa shape index (κ2) is 14.1. The lowest BCUT2D eigenvalue weighted by molar-refractivity contribution is -0.777. The number of sulfonamides is 1. The summed E-state index contributed by atoms with van der Waals surface area (Å²) in [5.74, 6) is -2.71. The average molecular weight is 617 g/mol. The fourth-order valence-electron chi connectivity index (χ4n) is 3.52. The molecule has 0 bridgehead atoms. The molecule has 2 atom stereocenters. The maximum absolute atomic E-state index is 13.7. The van der Waals surface area contributed by atoms with Gasteiger partial charge in [0.05, 0.1) is 24.1 Å². The van der Waals surface area contributed by atoms with E-state index in [0.29, 0.717) is 5.56 Å². The summed E-state index contributed by atoms with van der Waals surface area (Å²) in [7, 11) is -2.59. The van der Waals surface area contributed by atoms with Gasteiger partial charge < -0.3 is 9.68 Å². The second-order valence-electron chi connectivity index (χ2n) is 8.87. The molecule has 0 saturated carbocycles. The molecule has 0 radical (unpaired) electrons. The normalized spacial score (nSPS) is 12.9. The van der Waals surface area contributed by atoms with Crippen molar-refractivity contribution in [3.8, 4) is 11.3 Å². The number of benzene rings is 1. The van der Waals surface area contributed by atoms with Crippen LogP contribution in [-0.4, -0.2) is 65.1 Å². The van der Waals surface area contributed by atoms with Gasteiger partial charge in [0.15, 0.2) is 0 Å². The summed E-state index contributed by atoms with van der Waals surface area (Å²) in [6.45, 7) is 3.43. The molecule has 0 spiro atoms. The third kappa shape index (κ3) is 9.87. The van der Waals surface area contributed by atoms with E-state index in [2.05, 4.69) is 24.5 Å². The largest absolute Gasteiger partial charge is 0.310 e. The van der Waals surface area contributed by atoms with Crippen LogP contribution in [0.5, 0.6) is 0 Å². The molecule has 228 valence electrons. The van der Waals surface area contributed by atoms with Crippen molar-refractivity contribution in [3.05, 3.63) is 77.8 Å². The monoisotopic (exact) mass is 616 g/mol. The van der Waals surface area contributed by atoms with E-state index in [9.17, 15) is 47.9 Å². The molecule has 42 heavy (non-hydrogen) atoms. The molecule has 18 nitrogen and oxygen atoms in total. The maximum atomic E-state index is 13.7. The van der Waals surface area contributed by atoms with E-state index in [1.807, 2.05) is 0 Å². The molecule has 1 aromatic heterocycles. The van der Waals surface area contributed by atoms with Crippen molar-refractivity contribution < 1.29 is 47.4 Å². The zero-order chi connectivity index (χ0) is 31.8. The van der Waals surface area contributed by atoms with Crippen molar-refractivity contribution in [1.29, 1.82) is 0 Å². The Morgan fingerprint density at radius 2 is 1.64 bits per heavy atom. The number of hydrogen-bond donors (Lipinski definition) is 0. The highest BCUT2D eigenvalue weighted by Gasteiger charge is 2.26. The van der Waals surface area contributed by atoms with Gasteiger partial charge in [-0.2, -0.15) is 0 Å². The summed E-state index contributed by atoms with van der Waals surface area (Å²) in [6.07, 6.45) is -1.84. The van der Waals surface area contributed by atoms with Crippen LogP contribution < -0.4 is 4.31 Å². The summed E-state index contributed by atoms with van der Waals surface area (Å²) >= 11 is 0. The summed E-state index contributed by atoms with van der Waals surface area (Å²) in [4.78, 5) is 65.5. The number of rotatable bonds is 15. The number of carbonyl (C=O) groups is 1. The first kappa shape index (κ1) is 33.2. The Kier molecular flexibility index (Phi) is 11.1. The van der Waals surface area contributed by atoms with Crippen LogP contribution in [0.4, 0.5) is 10.3 Å². The van der Waals surface area contributed by atoms with Crippen molar-refractivity contribution >= 4 is 28.0 Å². The fourth-order valence-corrected chi connectivity index (χ4v) is 3.90. The molecule has 0 amide bonds. The third-order valence-electron chi connectivity index (χ3n) is 5.41. The van der Waals surface area contributed by atoms with Gasteiger partial charge in [-0.1, -0.05) is 26.0 Å². The van der Waals surface area contributed by atoms with E-state index < -0.39 is 68.0 Å². The molecule has 2 rings (SSSR count). The molecule has 0 unspecified atom stereocenters. The van der Waals surface area contributed by atoms with E-state index in [-0.39, 0.29) is 22.9 Å². The molecule has 1 heterocycles. The Balaban J connectivity index is 2.66. The molecular formula is C22H25FN6O12S. The summed E-state index contributed by atoms with van der Waals surface area (Å²) in [5, 5.41) is 28.5. The van der Waals surface area contributed by atoms with Gasteiger partial charge in [-0.25, -0.2) is 31.9 Å². The highest BCUT2D eigenvalue weighted by molar-refractivity contribution is 7.92. The lowest BCUT2D eigenvalue weighted by Gasteiger charge is -2.21. The molecular weight excluding hydrogens is 591 g/mol. The standard InChI is InChI=1S/C22H25FN6O12S/c1-13(2)20-18(21(14-5-7-15(23)8-6-14)25-22(24-20)26(3)42(4,37)38)10-9-16(39-27(31)32)11-17(40-28(33)34)12-19(30)41-29(35)36/h5-10,13,16-17H,11-12H2,1-4H3/t16-,17+/m0/s1. The van der Waals surface area contributed by atoms with E-state index in [1.54, 1.807) is 13.8 Å². The van der Waals surface area contributed by atoms with Gasteiger partial charge in [0.25, 0.3) is 10.2 Å². The fraction of sp³-hybridized carbons (Fsp3) is 0.409. The molecule has 0 N–H and O–H groups in total. The van der Waals surface area contributed by atoms with Crippen LogP contribution in [0.25, 0.3) is 17.3 Å². The van der Waals surface area contributed by atoms with Crippen molar-refractivity contribution in [2.75, 3.05) is 17.6 Å². The molecule has 1 aromatic carbocycles. The number of anilines is 1. The summed E-state index contributed by atoms with van der Waals surface area (Å²) in [5.41, 5.74) is 0.882. The van der Waals surface area contributed by atoms with Crippen LogP contribution in [0.2, 0.25) is 0 Å². The molecule has 2 aromatic rings. The Bertz CT molecular complexity index is 1470. The number of carbonyl (C=O) groups excluding carboxylic acids is 1. The van der Waals surface area contributed by atoms with Gasteiger partial charge in [0.2, 0.25) is 16.0 Å². The zero-order valence-electron chi connectivity index (χ0n) is 22.5. The minimum Gasteiger partial charge on any atom is -0.310 e. The lowest BCUT2D eigenvalue weighted by atomic mass is 9.97. The van der Waals surface area contributed by atoms with E-state index >= 15 is 0 Å². The van der Waals surface area contributed by atoms with E-state index in [4.69, 9.17) is 0 Å². The van der Waals surface area contributed by atoms with Gasteiger partial charge in [-0.3, -0.25) is 4.79 Å². The number of nitrogens with zero attached hydrogens (tertiary/aromatic N) is 6. The predicted molar refractivity (Wildman–Crippen MR) is 140 cm³/mol. The van der Waals surface area contributed by atoms with Crippen molar-refractivity contribution in [3.63, 3.8) is 0 Å². The minimum atomic E-state index is -3.81. The maximum Gasteiger partial charge on any atom is 0.306 e. The SMILES string of the molecule is CC(C)c1nc(N(C)S(C)(=O)=O)nc(-c2ccc(F)cc2)c1C=C[C@@H](C[C@H](CC(=O)O[N+](=O)[O-])O[N+](=O)[O-])O[N+](=O)[O-]. The molecule has 0 saturated heterocycles. The first-order valence-electron chi connectivity index (χ1n) is 11.7. The quantitative estimate of drug-likeness (QED) is 0.206. The van der Waals surface area contributed by atoms with Gasteiger partial charge in [-0.05, 0) is 30.2 Å². The Morgan fingerprint density at radius 1 is 1.05 bits per heavy atom. The van der Waals surface area contributed by atoms with Gasteiger partial charge in [0.1, 0.15) is 18.0 Å². The van der Waals surface area contributed by atoms with Crippen molar-refractivity contribution in [1.82, 2.24) is 9.97 Å². The van der Waals surface area contributed by atoms with Gasteiger partial charge in [0, 0.05) is 24.6 Å². The number of hydrogen-bond acceptors (Lipinski definition) is 14. The average Bonchev–Trinajstić information content (AvgIpc) is 2.85. The van der Waals surface area contributed by atoms with Crippen LogP contribution in [-0.2, 0) is 29.3 Å². The van der Waals surface area contributed by atoms with Crippen molar-refractivity contribution in [2.45, 2.75) is 44.8 Å². The highest BCUT2D eigenvalue weighted by atomic mass is 32.2. The second-order valence-corrected chi connectivity index (χ2v) is 10.9. The zero-order valence-corrected chi connectivity index (χ0v) is 23.3. The third-order valence-corrected chi connectivity index (χ3v) is 6.57. The van der Waals surface area contributed by atoms with Gasteiger partial charge >= 0.3 is 11.1 Å². The lowest BCUT2D eigenvalue weighted by Crippen LogP contribution is -2.29. The molecule has 20 heteroatoms. The van der Waals surface area contributed by atoms with Crippen LogP contribution in [0.15, 0.2) is 30.3 Å². The Hall–Kier alpha value is -5.01. The molecule has 0 aliphatic heterocycles. The topological polar surface area (TPSA) is 237 Å². The highest BCUT2D eigenvalue weighted by Crippen LogP contribution is 2.32. The van der Waals surface area contributed by atoms with E-state index in [1.165, 1.54) is 25.3 Å². The van der Waals surface area contributed by atoms with Crippen LogP contribution in [0.3, 0.4) is 0 Å². The smallest absolute Gasteiger partial charge is 0.306 e.